The standard InChI is InChI=1S/C27H23BrN2O3/c1-3-33-26-14-9-19(16-24(26)28)15-21-17-25(20-7-5-4-6-8-20)30(27(21)32)23-12-10-22(11-13-23)29-18(2)31/h4-17H,3H2,1-2H3,(H,29,31)/b21-15+. The second kappa shape index (κ2) is 9.88. The molecule has 3 aromatic rings. The summed E-state index contributed by atoms with van der Waals surface area (Å²) in [5.74, 6) is 0.501. The molecule has 4 rings (SSSR count). The van der Waals surface area contributed by atoms with Crippen LogP contribution >= 0.6 is 15.9 Å². The van der Waals surface area contributed by atoms with Crippen molar-refractivity contribution in [2.24, 2.45) is 0 Å². The Morgan fingerprint density at radius 2 is 1.79 bits per heavy atom. The first-order valence-electron chi connectivity index (χ1n) is 10.6. The van der Waals surface area contributed by atoms with Crippen molar-refractivity contribution in [2.75, 3.05) is 16.8 Å². The van der Waals surface area contributed by atoms with Gasteiger partial charge in [-0.15, -0.1) is 0 Å². The molecule has 5 nitrogen and oxygen atoms in total. The second-order valence-electron chi connectivity index (χ2n) is 7.49. The molecular weight excluding hydrogens is 480 g/mol. The van der Waals surface area contributed by atoms with Crippen molar-refractivity contribution in [1.29, 1.82) is 0 Å². The highest BCUT2D eigenvalue weighted by atomic mass is 79.9. The Kier molecular flexibility index (Phi) is 6.75. The Labute approximate surface area is 201 Å². The summed E-state index contributed by atoms with van der Waals surface area (Å²) in [7, 11) is 0. The van der Waals surface area contributed by atoms with Crippen molar-refractivity contribution in [3.63, 3.8) is 0 Å². The van der Waals surface area contributed by atoms with Gasteiger partial charge in [0, 0.05) is 23.9 Å². The van der Waals surface area contributed by atoms with Gasteiger partial charge in [0.1, 0.15) is 5.75 Å². The molecule has 0 spiro atoms. The van der Waals surface area contributed by atoms with Gasteiger partial charge in [0.25, 0.3) is 5.91 Å². The van der Waals surface area contributed by atoms with E-state index in [0.29, 0.717) is 17.9 Å². The molecule has 3 aromatic carbocycles. The van der Waals surface area contributed by atoms with Crippen molar-refractivity contribution in [2.45, 2.75) is 13.8 Å². The number of anilines is 2. The first kappa shape index (κ1) is 22.6. The van der Waals surface area contributed by atoms with Gasteiger partial charge in [0.15, 0.2) is 0 Å². The minimum atomic E-state index is -0.142. The van der Waals surface area contributed by atoms with E-state index in [1.54, 1.807) is 17.0 Å². The van der Waals surface area contributed by atoms with Crippen LogP contribution in [0.25, 0.3) is 11.8 Å². The molecule has 0 saturated carbocycles. The number of benzene rings is 3. The fraction of sp³-hybridized carbons (Fsp3) is 0.111. The Bertz CT molecular complexity index is 1250. The van der Waals surface area contributed by atoms with Crippen LogP contribution in [0.5, 0.6) is 5.75 Å². The molecule has 0 radical (unpaired) electrons. The first-order valence-corrected chi connectivity index (χ1v) is 11.4. The van der Waals surface area contributed by atoms with E-state index in [1.807, 2.05) is 79.7 Å². The van der Waals surface area contributed by atoms with E-state index in [9.17, 15) is 9.59 Å². The topological polar surface area (TPSA) is 58.6 Å². The van der Waals surface area contributed by atoms with Crippen molar-refractivity contribution in [3.8, 4) is 5.75 Å². The number of ether oxygens (including phenoxy) is 1. The summed E-state index contributed by atoms with van der Waals surface area (Å²) in [5.41, 5.74) is 4.60. The Balaban J connectivity index is 1.72. The van der Waals surface area contributed by atoms with Gasteiger partial charge >= 0.3 is 0 Å². The minimum absolute atomic E-state index is 0.119. The molecule has 1 aliphatic rings. The minimum Gasteiger partial charge on any atom is -0.493 e. The summed E-state index contributed by atoms with van der Waals surface area (Å²) in [5, 5.41) is 2.75. The molecule has 1 aliphatic heterocycles. The van der Waals surface area contributed by atoms with Crippen LogP contribution in [0, 0.1) is 0 Å². The fourth-order valence-corrected chi connectivity index (χ4v) is 4.16. The fourth-order valence-electron chi connectivity index (χ4n) is 3.65. The molecule has 1 heterocycles. The number of carbonyl (C=O) groups is 2. The van der Waals surface area contributed by atoms with Gasteiger partial charge in [-0.05, 0) is 82.5 Å². The lowest BCUT2D eigenvalue weighted by molar-refractivity contribution is -0.114. The lowest BCUT2D eigenvalue weighted by Gasteiger charge is -2.21. The normalized spacial score (nSPS) is 14.4. The maximum atomic E-state index is 13.5. The van der Waals surface area contributed by atoms with Crippen LogP contribution in [0.4, 0.5) is 11.4 Å². The number of rotatable bonds is 6. The lowest BCUT2D eigenvalue weighted by atomic mass is 10.1. The predicted molar refractivity (Wildman–Crippen MR) is 136 cm³/mol. The van der Waals surface area contributed by atoms with E-state index < -0.39 is 0 Å². The third kappa shape index (κ3) is 5.07. The van der Waals surface area contributed by atoms with Crippen LogP contribution in [-0.4, -0.2) is 18.4 Å². The van der Waals surface area contributed by atoms with Gasteiger partial charge in [0.2, 0.25) is 5.91 Å². The highest BCUT2D eigenvalue weighted by molar-refractivity contribution is 9.10. The van der Waals surface area contributed by atoms with Crippen LogP contribution in [0.1, 0.15) is 25.0 Å². The van der Waals surface area contributed by atoms with Gasteiger partial charge in [-0.2, -0.15) is 0 Å². The SMILES string of the molecule is CCOc1ccc(/C=C2\C=C(c3ccccc3)N(c3ccc(NC(C)=O)cc3)C2=O)cc1Br. The zero-order valence-electron chi connectivity index (χ0n) is 18.3. The molecule has 0 bridgehead atoms. The van der Waals surface area contributed by atoms with Gasteiger partial charge < -0.3 is 10.1 Å². The van der Waals surface area contributed by atoms with E-state index in [4.69, 9.17) is 4.74 Å². The van der Waals surface area contributed by atoms with Crippen molar-refractivity contribution in [1.82, 2.24) is 0 Å². The number of hydrogen-bond acceptors (Lipinski definition) is 3. The third-order valence-corrected chi connectivity index (χ3v) is 5.70. The molecular formula is C27H23BrN2O3. The van der Waals surface area contributed by atoms with Crippen LogP contribution in [0.2, 0.25) is 0 Å². The van der Waals surface area contributed by atoms with E-state index in [0.717, 1.165) is 32.7 Å². The maximum Gasteiger partial charge on any atom is 0.262 e. The molecule has 6 heteroatoms. The zero-order chi connectivity index (χ0) is 23.4. The largest absolute Gasteiger partial charge is 0.493 e. The molecule has 0 saturated heterocycles. The van der Waals surface area contributed by atoms with Gasteiger partial charge in [-0.3, -0.25) is 14.5 Å². The number of nitrogens with zero attached hydrogens (tertiary/aromatic N) is 1. The van der Waals surface area contributed by atoms with E-state index >= 15 is 0 Å². The third-order valence-electron chi connectivity index (χ3n) is 5.08. The second-order valence-corrected chi connectivity index (χ2v) is 8.34. The first-order chi connectivity index (χ1) is 16.0. The Morgan fingerprint density at radius 1 is 1.06 bits per heavy atom. The van der Waals surface area contributed by atoms with E-state index in [2.05, 4.69) is 21.2 Å². The molecule has 0 fully saturated rings. The summed E-state index contributed by atoms with van der Waals surface area (Å²) in [4.78, 5) is 26.5. The molecule has 0 unspecified atom stereocenters. The zero-order valence-corrected chi connectivity index (χ0v) is 19.9. The Hall–Kier alpha value is -3.64. The average molecular weight is 503 g/mol. The molecule has 1 N–H and O–H groups in total. The summed E-state index contributed by atoms with van der Waals surface area (Å²) in [6, 6.07) is 22.8. The quantitative estimate of drug-likeness (QED) is 0.403. The van der Waals surface area contributed by atoms with Gasteiger partial charge in [0.05, 0.1) is 16.8 Å². The highest BCUT2D eigenvalue weighted by Gasteiger charge is 2.30. The number of hydrogen-bond donors (Lipinski definition) is 1. The van der Waals surface area contributed by atoms with Crippen LogP contribution < -0.4 is 15.0 Å². The predicted octanol–water partition coefficient (Wildman–Crippen LogP) is 6.28. The van der Waals surface area contributed by atoms with Crippen LogP contribution in [-0.2, 0) is 9.59 Å². The number of halogens is 1. The monoisotopic (exact) mass is 502 g/mol. The summed E-state index contributed by atoms with van der Waals surface area (Å²) in [6.07, 6.45) is 3.78. The van der Waals surface area contributed by atoms with Crippen molar-refractivity contribution < 1.29 is 14.3 Å². The maximum absolute atomic E-state index is 13.5. The summed E-state index contributed by atoms with van der Waals surface area (Å²) < 4.78 is 6.42. The molecule has 0 aromatic heterocycles. The summed E-state index contributed by atoms with van der Waals surface area (Å²) >= 11 is 3.54. The molecule has 33 heavy (non-hydrogen) atoms. The average Bonchev–Trinajstić information content (AvgIpc) is 3.12. The van der Waals surface area contributed by atoms with E-state index in [1.165, 1.54) is 6.92 Å². The number of carbonyl (C=O) groups excluding carboxylic acids is 2. The summed E-state index contributed by atoms with van der Waals surface area (Å²) in [6.45, 7) is 3.98. The molecule has 0 atom stereocenters. The van der Waals surface area contributed by atoms with Crippen molar-refractivity contribution >= 4 is 50.9 Å². The molecule has 0 aliphatic carbocycles. The van der Waals surface area contributed by atoms with Crippen molar-refractivity contribution in [3.05, 3.63) is 100 Å². The van der Waals surface area contributed by atoms with Gasteiger partial charge in [-0.25, -0.2) is 0 Å². The smallest absolute Gasteiger partial charge is 0.262 e. The van der Waals surface area contributed by atoms with Gasteiger partial charge in [-0.1, -0.05) is 36.4 Å². The lowest BCUT2D eigenvalue weighted by Crippen LogP contribution is -2.25. The Morgan fingerprint density at radius 3 is 2.42 bits per heavy atom. The number of amides is 2. The van der Waals surface area contributed by atoms with Crippen LogP contribution in [0.3, 0.4) is 0 Å². The molecule has 2 amide bonds. The highest BCUT2D eigenvalue weighted by Crippen LogP contribution is 2.36. The number of nitrogens with one attached hydrogen (secondary N) is 1. The van der Waals surface area contributed by atoms with E-state index in [-0.39, 0.29) is 11.8 Å². The van der Waals surface area contributed by atoms with Crippen LogP contribution in [0.15, 0.2) is 88.9 Å². The molecule has 166 valence electrons.